The molecule has 5 nitrogen and oxygen atoms in total. The Hall–Kier alpha value is -2.53. The molecule has 2 aromatic rings. The Labute approximate surface area is 125 Å². The van der Waals surface area contributed by atoms with Crippen LogP contribution in [0, 0.1) is 6.92 Å². The first-order chi connectivity index (χ1) is 9.88. The van der Waals surface area contributed by atoms with E-state index in [1.54, 1.807) is 25.1 Å². The van der Waals surface area contributed by atoms with E-state index in [0.29, 0.717) is 16.1 Å². The summed E-state index contributed by atoms with van der Waals surface area (Å²) >= 11 is 5.83. The molecule has 0 aliphatic carbocycles. The van der Waals surface area contributed by atoms with Gasteiger partial charge in [0.25, 0.3) is 5.91 Å². The van der Waals surface area contributed by atoms with E-state index in [1.807, 2.05) is 0 Å². The van der Waals surface area contributed by atoms with Crippen LogP contribution in [0.4, 0.5) is 5.69 Å². The average Bonchev–Trinajstić information content (AvgIpc) is 2.40. The Bertz CT molecular complexity index is 728. The highest BCUT2D eigenvalue weighted by atomic mass is 35.5. The number of hydrogen-bond donors (Lipinski definition) is 3. The van der Waals surface area contributed by atoms with Gasteiger partial charge in [0, 0.05) is 16.3 Å². The van der Waals surface area contributed by atoms with E-state index in [2.05, 4.69) is 5.32 Å². The highest BCUT2D eigenvalue weighted by Gasteiger charge is 2.13. The molecule has 0 atom stereocenters. The maximum Gasteiger partial charge on any atom is 0.339 e. The summed E-state index contributed by atoms with van der Waals surface area (Å²) in [6.45, 7) is 1.75. The summed E-state index contributed by atoms with van der Waals surface area (Å²) in [4.78, 5) is 23.1. The lowest BCUT2D eigenvalue weighted by Gasteiger charge is -2.09. The zero-order chi connectivity index (χ0) is 15.6. The number of benzene rings is 2. The second-order valence-electron chi connectivity index (χ2n) is 4.45. The van der Waals surface area contributed by atoms with Crippen LogP contribution >= 0.6 is 11.6 Å². The van der Waals surface area contributed by atoms with Crippen LogP contribution in [-0.2, 0) is 0 Å². The Kier molecular flexibility index (Phi) is 4.14. The molecule has 0 saturated carbocycles. The van der Waals surface area contributed by atoms with Crippen molar-refractivity contribution < 1.29 is 19.8 Å². The number of nitrogens with one attached hydrogen (secondary N) is 1. The van der Waals surface area contributed by atoms with Crippen molar-refractivity contribution in [1.82, 2.24) is 0 Å². The number of aromatic hydroxyl groups is 1. The van der Waals surface area contributed by atoms with Gasteiger partial charge in [-0.25, -0.2) is 4.79 Å². The lowest BCUT2D eigenvalue weighted by atomic mass is 10.1. The molecule has 2 rings (SSSR count). The van der Waals surface area contributed by atoms with Gasteiger partial charge >= 0.3 is 5.97 Å². The van der Waals surface area contributed by atoms with Crippen molar-refractivity contribution in [1.29, 1.82) is 0 Å². The van der Waals surface area contributed by atoms with Crippen LogP contribution in [0.1, 0.15) is 26.3 Å². The molecule has 0 aromatic heterocycles. The molecule has 108 valence electrons. The van der Waals surface area contributed by atoms with Crippen molar-refractivity contribution >= 4 is 29.2 Å². The third kappa shape index (κ3) is 3.32. The maximum atomic E-state index is 12.1. The van der Waals surface area contributed by atoms with Gasteiger partial charge in [0.1, 0.15) is 11.3 Å². The first-order valence-electron chi connectivity index (χ1n) is 6.02. The first-order valence-corrected chi connectivity index (χ1v) is 6.40. The highest BCUT2D eigenvalue weighted by molar-refractivity contribution is 6.30. The van der Waals surface area contributed by atoms with E-state index in [-0.39, 0.29) is 22.9 Å². The monoisotopic (exact) mass is 305 g/mol. The summed E-state index contributed by atoms with van der Waals surface area (Å²) in [6.07, 6.45) is 0. The van der Waals surface area contributed by atoms with Crippen LogP contribution in [0.5, 0.6) is 5.75 Å². The van der Waals surface area contributed by atoms with Crippen molar-refractivity contribution in [2.45, 2.75) is 6.92 Å². The number of aryl methyl sites for hydroxylation is 1. The van der Waals surface area contributed by atoms with Crippen molar-refractivity contribution in [2.24, 2.45) is 0 Å². The lowest BCUT2D eigenvalue weighted by Crippen LogP contribution is -2.13. The number of carbonyl (C=O) groups is 2. The van der Waals surface area contributed by atoms with E-state index in [0.717, 1.165) is 0 Å². The lowest BCUT2D eigenvalue weighted by molar-refractivity contribution is 0.0693. The van der Waals surface area contributed by atoms with Crippen LogP contribution in [0.3, 0.4) is 0 Å². The number of hydrogen-bond acceptors (Lipinski definition) is 3. The minimum atomic E-state index is -1.27. The van der Waals surface area contributed by atoms with Gasteiger partial charge < -0.3 is 15.5 Å². The number of carboxylic acids is 1. The summed E-state index contributed by atoms with van der Waals surface area (Å²) in [6, 6.07) is 8.68. The standard InChI is InChI=1S/C15H12ClNO4/c1-8-6-9(16)2-4-11(8)14(19)17-10-3-5-13(18)12(7-10)15(20)21/h2-7,18H,1H3,(H,17,19)(H,20,21). The summed E-state index contributed by atoms with van der Waals surface area (Å²) in [5, 5.41) is 21.5. The molecule has 0 aliphatic rings. The zero-order valence-corrected chi connectivity index (χ0v) is 11.8. The molecular weight excluding hydrogens is 294 g/mol. The fourth-order valence-electron chi connectivity index (χ4n) is 1.87. The molecule has 3 N–H and O–H groups in total. The molecular formula is C15H12ClNO4. The SMILES string of the molecule is Cc1cc(Cl)ccc1C(=O)Nc1ccc(O)c(C(=O)O)c1. The summed E-state index contributed by atoms with van der Waals surface area (Å²) in [5.74, 6) is -2.01. The molecule has 0 fully saturated rings. The van der Waals surface area contributed by atoms with Crippen LogP contribution in [0.2, 0.25) is 5.02 Å². The van der Waals surface area contributed by atoms with Gasteiger partial charge in [0.2, 0.25) is 0 Å². The molecule has 0 heterocycles. The van der Waals surface area contributed by atoms with Gasteiger partial charge in [0.05, 0.1) is 0 Å². The fraction of sp³-hybridized carbons (Fsp3) is 0.0667. The summed E-state index contributed by atoms with van der Waals surface area (Å²) < 4.78 is 0. The van der Waals surface area contributed by atoms with Gasteiger partial charge in [-0.2, -0.15) is 0 Å². The van der Waals surface area contributed by atoms with Gasteiger partial charge in [-0.1, -0.05) is 11.6 Å². The second kappa shape index (κ2) is 5.85. The number of halogens is 1. The largest absolute Gasteiger partial charge is 0.507 e. The molecule has 6 heteroatoms. The summed E-state index contributed by atoms with van der Waals surface area (Å²) in [5.41, 5.74) is 1.15. The molecule has 2 aromatic carbocycles. The predicted octanol–water partition coefficient (Wildman–Crippen LogP) is 3.30. The Morgan fingerprint density at radius 1 is 1.10 bits per heavy atom. The molecule has 0 radical (unpaired) electrons. The number of anilines is 1. The Balaban J connectivity index is 2.27. The molecule has 0 aliphatic heterocycles. The Morgan fingerprint density at radius 2 is 1.81 bits per heavy atom. The normalized spacial score (nSPS) is 10.2. The number of rotatable bonds is 3. The average molecular weight is 306 g/mol. The predicted molar refractivity (Wildman–Crippen MR) is 79.2 cm³/mol. The minimum absolute atomic E-state index is 0.277. The minimum Gasteiger partial charge on any atom is -0.507 e. The molecule has 1 amide bonds. The second-order valence-corrected chi connectivity index (χ2v) is 4.89. The quantitative estimate of drug-likeness (QED) is 0.759. The van der Waals surface area contributed by atoms with E-state index >= 15 is 0 Å². The van der Waals surface area contributed by atoms with Crippen LogP contribution in [-0.4, -0.2) is 22.1 Å². The number of carbonyl (C=O) groups excluding carboxylic acids is 1. The first kappa shape index (κ1) is 14.9. The van der Waals surface area contributed by atoms with Gasteiger partial charge in [-0.05, 0) is 48.9 Å². The topological polar surface area (TPSA) is 86.6 Å². The number of amides is 1. The molecule has 0 bridgehead atoms. The molecule has 0 unspecified atom stereocenters. The number of phenols is 1. The zero-order valence-electron chi connectivity index (χ0n) is 11.1. The highest BCUT2D eigenvalue weighted by Crippen LogP contribution is 2.22. The van der Waals surface area contributed by atoms with E-state index < -0.39 is 5.97 Å². The van der Waals surface area contributed by atoms with Gasteiger partial charge in [-0.15, -0.1) is 0 Å². The van der Waals surface area contributed by atoms with E-state index in [1.165, 1.54) is 18.2 Å². The van der Waals surface area contributed by atoms with Crippen LogP contribution < -0.4 is 5.32 Å². The van der Waals surface area contributed by atoms with Crippen LogP contribution in [0.15, 0.2) is 36.4 Å². The van der Waals surface area contributed by atoms with Gasteiger partial charge in [0.15, 0.2) is 0 Å². The van der Waals surface area contributed by atoms with E-state index in [4.69, 9.17) is 16.7 Å². The van der Waals surface area contributed by atoms with Gasteiger partial charge in [-0.3, -0.25) is 4.79 Å². The number of carboxylic acid groups (broad SMARTS) is 1. The molecule has 0 saturated heterocycles. The van der Waals surface area contributed by atoms with Crippen molar-refractivity contribution in [3.8, 4) is 5.75 Å². The summed E-state index contributed by atoms with van der Waals surface area (Å²) in [7, 11) is 0. The van der Waals surface area contributed by atoms with Crippen molar-refractivity contribution in [2.75, 3.05) is 5.32 Å². The number of aromatic carboxylic acids is 1. The smallest absolute Gasteiger partial charge is 0.339 e. The van der Waals surface area contributed by atoms with E-state index in [9.17, 15) is 14.7 Å². The van der Waals surface area contributed by atoms with Crippen LogP contribution in [0.25, 0.3) is 0 Å². The third-order valence-corrected chi connectivity index (χ3v) is 3.15. The fourth-order valence-corrected chi connectivity index (χ4v) is 2.09. The molecule has 21 heavy (non-hydrogen) atoms. The maximum absolute atomic E-state index is 12.1. The molecule has 0 spiro atoms. The van der Waals surface area contributed by atoms with Crippen molar-refractivity contribution in [3.63, 3.8) is 0 Å². The van der Waals surface area contributed by atoms with Crippen molar-refractivity contribution in [3.05, 3.63) is 58.1 Å². The Morgan fingerprint density at radius 3 is 2.43 bits per heavy atom. The third-order valence-electron chi connectivity index (χ3n) is 2.92.